The topological polar surface area (TPSA) is 65.4 Å². The van der Waals surface area contributed by atoms with Gasteiger partial charge in [0, 0.05) is 0 Å². The zero-order chi connectivity index (χ0) is 10.1. The Morgan fingerprint density at radius 1 is 1.36 bits per heavy atom. The van der Waals surface area contributed by atoms with E-state index in [-0.39, 0.29) is 18.9 Å². The van der Waals surface area contributed by atoms with E-state index in [1.165, 1.54) is 12.3 Å². The quantitative estimate of drug-likeness (QED) is 0.563. The number of nitrogens with zero attached hydrogens (tertiary/aromatic N) is 4. The Labute approximate surface area is 88.7 Å². The van der Waals surface area contributed by atoms with E-state index in [2.05, 4.69) is 4.98 Å². The van der Waals surface area contributed by atoms with Crippen molar-refractivity contribution in [3.63, 3.8) is 0 Å². The second-order valence-electron chi connectivity index (χ2n) is 2.03. The van der Waals surface area contributed by atoms with Gasteiger partial charge < -0.3 is 0 Å². The third-order valence-electron chi connectivity index (χ3n) is 1.20. The zero-order valence-corrected chi connectivity index (χ0v) is 6.00. The molecule has 0 saturated heterocycles. The molecule has 0 N–H and O–H groups in total. The summed E-state index contributed by atoms with van der Waals surface area (Å²) in [7, 11) is 0. The summed E-state index contributed by atoms with van der Waals surface area (Å²) < 4.78 is 36.3. The maximum atomic E-state index is 12.0. The van der Waals surface area contributed by atoms with E-state index in [1.807, 2.05) is 0 Å². The number of rotatable bonds is 0. The first-order chi connectivity index (χ1) is 5.99. The fourth-order valence-corrected chi connectivity index (χ4v) is 0.672. The molecule has 1 rings (SSSR count). The number of halogens is 3. The molecule has 0 fully saturated rings. The number of imidazole rings is 1. The molecule has 0 atom stereocenters. The molecule has 0 saturated carbocycles. The van der Waals surface area contributed by atoms with Crippen molar-refractivity contribution in [1.82, 2.24) is 9.55 Å². The van der Waals surface area contributed by atoms with Gasteiger partial charge in [0.05, 0.1) is 6.20 Å². The maximum absolute atomic E-state index is 12.0. The molecule has 1 aromatic heterocycles. The first-order valence-electron chi connectivity index (χ1n) is 2.96. The van der Waals surface area contributed by atoms with Crippen molar-refractivity contribution in [1.29, 1.82) is 10.5 Å². The summed E-state index contributed by atoms with van der Waals surface area (Å²) in [6.45, 7) is 0. The summed E-state index contributed by atoms with van der Waals surface area (Å²) in [4.78, 5) is 2.93. The summed E-state index contributed by atoms with van der Waals surface area (Å²) in [5.41, 5.74) is -1.24. The molecule has 0 unspecified atom stereocenters. The summed E-state index contributed by atoms with van der Waals surface area (Å²) in [5, 5.41) is 16.6. The van der Waals surface area contributed by atoms with Crippen molar-refractivity contribution in [2.75, 3.05) is 0 Å². The molecule has 0 aliphatic rings. The molecule has 0 aliphatic heterocycles. The van der Waals surface area contributed by atoms with Gasteiger partial charge >= 0.3 is 25.0 Å². The van der Waals surface area contributed by atoms with Crippen molar-refractivity contribution in [3.05, 3.63) is 17.7 Å². The standard InChI is InChI=1S/C6HF3N4.Li.H/c7-6(8,9)4-2-13(3-11)5(1-10)12-4;;/h2H;;. The van der Waals surface area contributed by atoms with Crippen LogP contribution in [0.5, 0.6) is 0 Å². The second-order valence-corrected chi connectivity index (χ2v) is 2.03. The van der Waals surface area contributed by atoms with E-state index in [9.17, 15) is 13.2 Å². The molecule has 8 heteroatoms. The average Bonchev–Trinajstić information content (AvgIpc) is 2.45. The molecular weight excluding hydrogens is 192 g/mol. The molecule has 4 nitrogen and oxygen atoms in total. The van der Waals surface area contributed by atoms with Crippen molar-refractivity contribution < 1.29 is 13.2 Å². The van der Waals surface area contributed by atoms with E-state index in [4.69, 9.17) is 10.5 Å². The second kappa shape index (κ2) is 4.19. The SMILES string of the molecule is N#Cc1nc(C(F)(F)F)cn1C#N.[LiH]. The van der Waals surface area contributed by atoms with Gasteiger partial charge in [0.15, 0.2) is 11.9 Å². The molecule has 0 aromatic carbocycles. The minimum absolute atomic E-state index is 0. The average molecular weight is 194 g/mol. The Bertz CT molecular complexity index is 377. The van der Waals surface area contributed by atoms with Crippen LogP contribution in [0.15, 0.2) is 6.20 Å². The molecule has 0 amide bonds. The van der Waals surface area contributed by atoms with Crippen molar-refractivity contribution in [2.45, 2.75) is 6.18 Å². The van der Waals surface area contributed by atoms with Crippen LogP contribution in [0.2, 0.25) is 0 Å². The van der Waals surface area contributed by atoms with Gasteiger partial charge in [-0.25, -0.2) is 9.55 Å². The van der Waals surface area contributed by atoms with Gasteiger partial charge in [-0.05, 0) is 0 Å². The predicted octanol–water partition coefficient (Wildman–Crippen LogP) is 0.454. The van der Waals surface area contributed by atoms with E-state index in [0.717, 1.165) is 0 Å². The number of nitriles is 2. The van der Waals surface area contributed by atoms with E-state index < -0.39 is 17.7 Å². The van der Waals surface area contributed by atoms with Crippen LogP contribution in [-0.2, 0) is 6.18 Å². The Hall–Kier alpha value is -1.42. The summed E-state index contributed by atoms with van der Waals surface area (Å²) >= 11 is 0. The molecule has 68 valence electrons. The third-order valence-corrected chi connectivity index (χ3v) is 1.20. The molecule has 14 heavy (non-hydrogen) atoms. The van der Waals surface area contributed by atoms with Gasteiger partial charge in [0.25, 0.3) is 0 Å². The number of hydrogen-bond donors (Lipinski definition) is 0. The van der Waals surface area contributed by atoms with Gasteiger partial charge in [-0.3, -0.25) is 0 Å². The van der Waals surface area contributed by atoms with E-state index in [1.54, 1.807) is 0 Å². The van der Waals surface area contributed by atoms with Crippen molar-refractivity contribution >= 4 is 18.9 Å². The van der Waals surface area contributed by atoms with Gasteiger partial charge in [-0.2, -0.15) is 23.7 Å². The van der Waals surface area contributed by atoms with Crippen LogP contribution < -0.4 is 0 Å². The van der Waals surface area contributed by atoms with E-state index >= 15 is 0 Å². The molecule has 0 aliphatic carbocycles. The molecular formula is C6H2F3LiN4. The van der Waals surface area contributed by atoms with Gasteiger partial charge in [0.2, 0.25) is 5.82 Å². The Morgan fingerprint density at radius 3 is 2.21 bits per heavy atom. The zero-order valence-electron chi connectivity index (χ0n) is 6.00. The Morgan fingerprint density at radius 2 is 1.93 bits per heavy atom. The molecule has 1 aromatic rings. The molecule has 0 spiro atoms. The van der Waals surface area contributed by atoms with Crippen LogP contribution in [0.1, 0.15) is 11.5 Å². The van der Waals surface area contributed by atoms with Crippen molar-refractivity contribution in [2.24, 2.45) is 0 Å². The number of alkyl halides is 3. The van der Waals surface area contributed by atoms with Gasteiger partial charge in [-0.1, -0.05) is 0 Å². The van der Waals surface area contributed by atoms with Gasteiger partial charge in [0.1, 0.15) is 6.07 Å². The monoisotopic (exact) mass is 194 g/mol. The fourth-order valence-electron chi connectivity index (χ4n) is 0.672. The first-order valence-corrected chi connectivity index (χ1v) is 2.96. The van der Waals surface area contributed by atoms with Crippen molar-refractivity contribution in [3.8, 4) is 12.3 Å². The van der Waals surface area contributed by atoms with Crippen LogP contribution in [0.4, 0.5) is 13.2 Å². The normalized spacial score (nSPS) is 9.79. The summed E-state index contributed by atoms with van der Waals surface area (Å²) in [6, 6.07) is 1.37. The molecule has 0 radical (unpaired) electrons. The van der Waals surface area contributed by atoms with Crippen LogP contribution in [0.3, 0.4) is 0 Å². The van der Waals surface area contributed by atoms with Crippen LogP contribution >= 0.6 is 0 Å². The fraction of sp³-hybridized carbons (Fsp3) is 0.167. The third kappa shape index (κ3) is 2.29. The Balaban J connectivity index is 0.00000169. The Kier molecular flexibility index (Phi) is 3.77. The van der Waals surface area contributed by atoms with Gasteiger partial charge in [-0.15, -0.1) is 0 Å². The van der Waals surface area contributed by atoms with Crippen LogP contribution in [0.25, 0.3) is 0 Å². The molecule has 1 heterocycles. The predicted molar refractivity (Wildman–Crippen MR) is 40.1 cm³/mol. The molecule has 0 bridgehead atoms. The summed E-state index contributed by atoms with van der Waals surface area (Å²) in [5.74, 6) is -0.574. The van der Waals surface area contributed by atoms with Crippen LogP contribution in [-0.4, -0.2) is 28.4 Å². The number of aromatic nitrogens is 2. The van der Waals surface area contributed by atoms with Crippen LogP contribution in [0, 0.1) is 22.8 Å². The summed E-state index contributed by atoms with van der Waals surface area (Å²) in [6.07, 6.45) is -2.79. The minimum atomic E-state index is -4.63. The first kappa shape index (κ1) is 12.6. The number of hydrogen-bond acceptors (Lipinski definition) is 3. The van der Waals surface area contributed by atoms with E-state index in [0.29, 0.717) is 10.8 Å².